The van der Waals surface area contributed by atoms with Crippen molar-refractivity contribution in [2.24, 2.45) is 17.3 Å². The molecule has 1 fully saturated rings. The average Bonchev–Trinajstić information content (AvgIpc) is 2.21. The van der Waals surface area contributed by atoms with Crippen molar-refractivity contribution in [1.82, 2.24) is 0 Å². The maximum absolute atomic E-state index is 11.3. The predicted molar refractivity (Wildman–Crippen MR) is 69.4 cm³/mol. The van der Waals surface area contributed by atoms with Crippen molar-refractivity contribution >= 4 is 5.78 Å². The maximum Gasteiger partial charge on any atom is 0.132 e. The Morgan fingerprint density at radius 3 is 2.62 bits per heavy atom. The van der Waals surface area contributed by atoms with E-state index in [0.29, 0.717) is 17.6 Å². The molecule has 0 saturated heterocycles. The van der Waals surface area contributed by atoms with Crippen molar-refractivity contribution in [3.8, 4) is 0 Å². The first-order valence-electron chi connectivity index (χ1n) is 6.99. The summed E-state index contributed by atoms with van der Waals surface area (Å²) in [4.78, 5) is 11.3. The molecule has 0 heterocycles. The van der Waals surface area contributed by atoms with Crippen LogP contribution < -0.4 is 0 Å². The van der Waals surface area contributed by atoms with E-state index in [0.717, 1.165) is 24.7 Å². The normalized spacial score (nSPS) is 29.0. The van der Waals surface area contributed by atoms with E-state index in [1.807, 2.05) is 6.92 Å². The molecule has 16 heavy (non-hydrogen) atoms. The summed E-state index contributed by atoms with van der Waals surface area (Å²) in [6.07, 6.45) is 8.00. The van der Waals surface area contributed by atoms with Gasteiger partial charge in [-0.1, -0.05) is 40.5 Å². The highest BCUT2D eigenvalue weighted by Gasteiger charge is 2.35. The fourth-order valence-corrected chi connectivity index (χ4v) is 3.41. The summed E-state index contributed by atoms with van der Waals surface area (Å²) < 4.78 is 0. The molecule has 0 spiro atoms. The van der Waals surface area contributed by atoms with Gasteiger partial charge in [-0.05, 0) is 36.5 Å². The fourth-order valence-electron chi connectivity index (χ4n) is 3.41. The number of rotatable bonds is 5. The van der Waals surface area contributed by atoms with Crippen molar-refractivity contribution in [2.45, 2.75) is 72.6 Å². The van der Waals surface area contributed by atoms with Crippen LogP contribution in [0.1, 0.15) is 72.6 Å². The maximum atomic E-state index is 11.3. The van der Waals surface area contributed by atoms with Gasteiger partial charge in [0.2, 0.25) is 0 Å². The highest BCUT2D eigenvalue weighted by molar-refractivity contribution is 5.77. The second-order valence-electron chi connectivity index (χ2n) is 6.25. The van der Waals surface area contributed by atoms with E-state index >= 15 is 0 Å². The van der Waals surface area contributed by atoms with Gasteiger partial charge in [-0.2, -0.15) is 0 Å². The number of carbonyl (C=O) groups is 1. The summed E-state index contributed by atoms with van der Waals surface area (Å²) in [6.45, 7) is 9.19. The number of hydrogen-bond acceptors (Lipinski definition) is 1. The van der Waals surface area contributed by atoms with Crippen LogP contribution in [0.4, 0.5) is 0 Å². The molecule has 0 radical (unpaired) electrons. The molecular weight excluding hydrogens is 196 g/mol. The Hall–Kier alpha value is -0.330. The molecule has 0 amide bonds. The molecule has 2 atom stereocenters. The summed E-state index contributed by atoms with van der Waals surface area (Å²) in [7, 11) is 0. The van der Waals surface area contributed by atoms with Crippen molar-refractivity contribution in [3.05, 3.63) is 0 Å². The Balaban J connectivity index is 2.40. The lowest BCUT2D eigenvalue weighted by Crippen LogP contribution is -2.33. The zero-order valence-electron chi connectivity index (χ0n) is 11.5. The number of ketones is 1. The first-order valence-corrected chi connectivity index (χ1v) is 6.99. The van der Waals surface area contributed by atoms with Crippen LogP contribution in [0.3, 0.4) is 0 Å². The molecule has 0 aliphatic heterocycles. The monoisotopic (exact) mass is 224 g/mol. The van der Waals surface area contributed by atoms with Gasteiger partial charge in [0, 0.05) is 12.8 Å². The minimum absolute atomic E-state index is 0.432. The molecule has 1 heteroatoms. The van der Waals surface area contributed by atoms with Crippen LogP contribution >= 0.6 is 0 Å². The quantitative estimate of drug-likeness (QED) is 0.667. The third-order valence-electron chi connectivity index (χ3n) is 4.54. The topological polar surface area (TPSA) is 17.1 Å². The van der Waals surface area contributed by atoms with Crippen molar-refractivity contribution in [1.29, 1.82) is 0 Å². The third kappa shape index (κ3) is 3.61. The van der Waals surface area contributed by atoms with Crippen LogP contribution in [0.15, 0.2) is 0 Å². The summed E-state index contributed by atoms with van der Waals surface area (Å²) in [5.41, 5.74) is 0.493. The Morgan fingerprint density at radius 1 is 1.38 bits per heavy atom. The van der Waals surface area contributed by atoms with E-state index in [1.54, 1.807) is 0 Å². The van der Waals surface area contributed by atoms with Crippen LogP contribution in [0.2, 0.25) is 0 Å². The molecule has 0 unspecified atom stereocenters. The first kappa shape index (κ1) is 13.7. The van der Waals surface area contributed by atoms with Gasteiger partial charge in [0.05, 0.1) is 0 Å². The van der Waals surface area contributed by atoms with Gasteiger partial charge in [-0.15, -0.1) is 0 Å². The summed E-state index contributed by atoms with van der Waals surface area (Å²) in [6, 6.07) is 0. The third-order valence-corrected chi connectivity index (χ3v) is 4.54. The van der Waals surface area contributed by atoms with Crippen LogP contribution in [0.5, 0.6) is 0 Å². The van der Waals surface area contributed by atoms with Crippen LogP contribution in [-0.4, -0.2) is 5.78 Å². The van der Waals surface area contributed by atoms with E-state index in [1.165, 1.54) is 25.7 Å². The van der Waals surface area contributed by atoms with Crippen molar-refractivity contribution < 1.29 is 4.79 Å². The van der Waals surface area contributed by atoms with Gasteiger partial charge in [0.25, 0.3) is 0 Å². The van der Waals surface area contributed by atoms with Gasteiger partial charge in [-0.3, -0.25) is 4.79 Å². The smallest absolute Gasteiger partial charge is 0.132 e. The highest BCUT2D eigenvalue weighted by atomic mass is 16.1. The minimum atomic E-state index is 0.432. The summed E-state index contributed by atoms with van der Waals surface area (Å²) in [5, 5.41) is 0. The molecule has 1 nitrogen and oxygen atoms in total. The second kappa shape index (κ2) is 5.84. The molecule has 0 N–H and O–H groups in total. The standard InChI is InChI=1S/C15H28O/c1-5-13(16)9-6-10-14-12(2)8-7-11-15(14,3)4/h12,14H,5-11H2,1-4H3/t12-,14+/m0/s1. The summed E-state index contributed by atoms with van der Waals surface area (Å²) in [5.74, 6) is 2.10. The Morgan fingerprint density at radius 2 is 2.06 bits per heavy atom. The Bertz CT molecular complexity index is 230. The first-order chi connectivity index (χ1) is 7.47. The fraction of sp³-hybridized carbons (Fsp3) is 0.933. The van der Waals surface area contributed by atoms with Crippen LogP contribution in [0, 0.1) is 17.3 Å². The molecule has 1 aliphatic rings. The molecule has 94 valence electrons. The number of Topliss-reactive ketones (excluding diaryl/α,β-unsaturated/α-hetero) is 1. The number of carbonyl (C=O) groups excluding carboxylic acids is 1. The average molecular weight is 224 g/mol. The number of hydrogen-bond donors (Lipinski definition) is 0. The van der Waals surface area contributed by atoms with Crippen molar-refractivity contribution in [3.63, 3.8) is 0 Å². The molecule has 1 aliphatic carbocycles. The lowest BCUT2D eigenvalue weighted by atomic mass is 9.62. The molecule has 0 aromatic heterocycles. The predicted octanol–water partition coefficient (Wildman–Crippen LogP) is 4.60. The second-order valence-corrected chi connectivity index (χ2v) is 6.25. The van der Waals surface area contributed by atoms with Crippen molar-refractivity contribution in [2.75, 3.05) is 0 Å². The van der Waals surface area contributed by atoms with Gasteiger partial charge in [0.1, 0.15) is 5.78 Å². The van der Waals surface area contributed by atoms with Gasteiger partial charge in [-0.25, -0.2) is 0 Å². The zero-order valence-corrected chi connectivity index (χ0v) is 11.5. The molecular formula is C15H28O. The lowest BCUT2D eigenvalue weighted by molar-refractivity contribution is -0.119. The van der Waals surface area contributed by atoms with E-state index in [2.05, 4.69) is 20.8 Å². The van der Waals surface area contributed by atoms with Gasteiger partial charge >= 0.3 is 0 Å². The Labute approximate surface area is 101 Å². The van der Waals surface area contributed by atoms with E-state index in [-0.39, 0.29) is 0 Å². The highest BCUT2D eigenvalue weighted by Crippen LogP contribution is 2.46. The summed E-state index contributed by atoms with van der Waals surface area (Å²) >= 11 is 0. The van der Waals surface area contributed by atoms with E-state index < -0.39 is 0 Å². The molecule has 0 bridgehead atoms. The lowest BCUT2D eigenvalue weighted by Gasteiger charge is -2.43. The molecule has 0 aromatic carbocycles. The van der Waals surface area contributed by atoms with E-state index in [4.69, 9.17) is 0 Å². The molecule has 1 saturated carbocycles. The van der Waals surface area contributed by atoms with Crippen LogP contribution in [-0.2, 0) is 4.79 Å². The SMILES string of the molecule is CCC(=O)CCC[C@@H]1[C@@H](C)CCCC1(C)C. The van der Waals surface area contributed by atoms with Crippen LogP contribution in [0.25, 0.3) is 0 Å². The minimum Gasteiger partial charge on any atom is -0.300 e. The molecule has 0 aromatic rings. The Kier molecular flexibility index (Phi) is 5.01. The largest absolute Gasteiger partial charge is 0.300 e. The van der Waals surface area contributed by atoms with Gasteiger partial charge < -0.3 is 0 Å². The molecule has 1 rings (SSSR count). The zero-order chi connectivity index (χ0) is 12.2. The van der Waals surface area contributed by atoms with E-state index in [9.17, 15) is 4.79 Å². The van der Waals surface area contributed by atoms with Gasteiger partial charge in [0.15, 0.2) is 0 Å².